The van der Waals surface area contributed by atoms with Crippen molar-refractivity contribution in [2.75, 3.05) is 0 Å². The van der Waals surface area contributed by atoms with Crippen LogP contribution >= 0.6 is 11.3 Å². The Morgan fingerprint density at radius 1 is 1.04 bits per heavy atom. The van der Waals surface area contributed by atoms with Crippen LogP contribution in [0, 0.1) is 6.92 Å². The van der Waals surface area contributed by atoms with Crippen molar-refractivity contribution < 1.29 is 4.79 Å². The minimum absolute atomic E-state index is 0.0298. The highest BCUT2D eigenvalue weighted by Gasteiger charge is 2.20. The molecule has 0 bridgehead atoms. The van der Waals surface area contributed by atoms with E-state index in [4.69, 9.17) is 0 Å². The number of amides is 1. The molecule has 0 aliphatic carbocycles. The third-order valence-electron chi connectivity index (χ3n) is 4.31. The van der Waals surface area contributed by atoms with E-state index in [0.29, 0.717) is 4.96 Å². The maximum absolute atomic E-state index is 12.9. The van der Waals surface area contributed by atoms with Gasteiger partial charge in [0.15, 0.2) is 4.96 Å². The number of aryl methyl sites for hydroxylation is 1. The van der Waals surface area contributed by atoms with Gasteiger partial charge in [0.25, 0.3) is 11.5 Å². The number of rotatable bonds is 4. The highest BCUT2D eigenvalue weighted by Crippen LogP contribution is 2.22. The Balaban J connectivity index is 1.72. The summed E-state index contributed by atoms with van der Waals surface area (Å²) in [5.74, 6) is -0.441. The van der Waals surface area contributed by atoms with Crippen molar-refractivity contribution in [2.45, 2.75) is 13.0 Å². The quantitative estimate of drug-likeness (QED) is 0.593. The van der Waals surface area contributed by atoms with Crippen LogP contribution in [0.5, 0.6) is 0 Å². The van der Waals surface area contributed by atoms with E-state index in [1.54, 1.807) is 6.20 Å². The fourth-order valence-corrected chi connectivity index (χ4v) is 3.80. The first-order chi connectivity index (χ1) is 13.1. The highest BCUT2D eigenvalue weighted by atomic mass is 32.1. The lowest BCUT2D eigenvalue weighted by Gasteiger charge is -2.19. The molecule has 134 valence electrons. The summed E-state index contributed by atoms with van der Waals surface area (Å²) < 4.78 is 1.43. The van der Waals surface area contributed by atoms with Gasteiger partial charge in [-0.25, -0.2) is 4.98 Å². The SMILES string of the molecule is Cc1cn2c(=O)c(C(=O)NC(c3ccccc3)c3ccccc3)cnc2s1. The minimum atomic E-state index is -0.441. The fraction of sp³-hybridized carbons (Fsp3) is 0.0952. The van der Waals surface area contributed by atoms with Gasteiger partial charge in [-0.15, -0.1) is 11.3 Å². The van der Waals surface area contributed by atoms with Gasteiger partial charge in [0.1, 0.15) is 5.56 Å². The van der Waals surface area contributed by atoms with Gasteiger partial charge in [0.2, 0.25) is 0 Å². The van der Waals surface area contributed by atoms with Crippen LogP contribution in [0.4, 0.5) is 0 Å². The van der Waals surface area contributed by atoms with Crippen molar-refractivity contribution in [3.05, 3.63) is 105 Å². The molecule has 0 atom stereocenters. The summed E-state index contributed by atoms with van der Waals surface area (Å²) in [7, 11) is 0. The molecule has 0 fully saturated rings. The van der Waals surface area contributed by atoms with E-state index >= 15 is 0 Å². The smallest absolute Gasteiger partial charge is 0.271 e. The number of thiazole rings is 1. The number of nitrogens with zero attached hydrogens (tertiary/aromatic N) is 2. The first kappa shape index (κ1) is 17.2. The molecule has 5 nitrogen and oxygen atoms in total. The molecule has 0 aliphatic rings. The van der Waals surface area contributed by atoms with E-state index in [9.17, 15) is 9.59 Å². The molecule has 2 aromatic carbocycles. The van der Waals surface area contributed by atoms with Gasteiger partial charge < -0.3 is 5.32 Å². The number of hydrogen-bond donors (Lipinski definition) is 1. The van der Waals surface area contributed by atoms with Crippen LogP contribution in [-0.2, 0) is 0 Å². The summed E-state index contributed by atoms with van der Waals surface area (Å²) in [6, 6.07) is 19.0. The number of hydrogen-bond acceptors (Lipinski definition) is 4. The van der Waals surface area contributed by atoms with E-state index in [1.165, 1.54) is 21.9 Å². The summed E-state index contributed by atoms with van der Waals surface area (Å²) in [6.07, 6.45) is 3.06. The van der Waals surface area contributed by atoms with Crippen molar-refractivity contribution in [1.82, 2.24) is 14.7 Å². The molecule has 0 spiro atoms. The zero-order valence-corrected chi connectivity index (χ0v) is 15.4. The van der Waals surface area contributed by atoms with E-state index in [-0.39, 0.29) is 17.2 Å². The number of fused-ring (bicyclic) bond motifs is 1. The van der Waals surface area contributed by atoms with Crippen LogP contribution in [-0.4, -0.2) is 15.3 Å². The van der Waals surface area contributed by atoms with Gasteiger partial charge in [-0.1, -0.05) is 60.7 Å². The van der Waals surface area contributed by atoms with E-state index < -0.39 is 5.91 Å². The maximum Gasteiger partial charge on any atom is 0.271 e. The van der Waals surface area contributed by atoms with Crippen LogP contribution in [0.25, 0.3) is 4.96 Å². The predicted octanol–water partition coefficient (Wildman–Crippen LogP) is 3.58. The molecular weight excluding hydrogens is 358 g/mol. The molecule has 0 unspecified atom stereocenters. The van der Waals surface area contributed by atoms with Gasteiger partial charge in [-0.3, -0.25) is 14.0 Å². The zero-order valence-electron chi connectivity index (χ0n) is 14.6. The molecule has 0 aliphatic heterocycles. The number of carbonyl (C=O) groups is 1. The van der Waals surface area contributed by atoms with Gasteiger partial charge in [-0.2, -0.15) is 0 Å². The first-order valence-electron chi connectivity index (χ1n) is 8.52. The van der Waals surface area contributed by atoms with Crippen molar-refractivity contribution in [3.8, 4) is 0 Å². The Morgan fingerprint density at radius 2 is 1.63 bits per heavy atom. The maximum atomic E-state index is 12.9. The highest BCUT2D eigenvalue weighted by molar-refractivity contribution is 7.16. The second kappa shape index (κ2) is 7.17. The lowest BCUT2D eigenvalue weighted by Crippen LogP contribution is -2.34. The second-order valence-corrected chi connectivity index (χ2v) is 7.41. The molecule has 1 N–H and O–H groups in total. The lowest BCUT2D eigenvalue weighted by atomic mass is 9.98. The van der Waals surface area contributed by atoms with Crippen LogP contribution in [0.3, 0.4) is 0 Å². The first-order valence-corrected chi connectivity index (χ1v) is 9.33. The molecule has 0 saturated heterocycles. The molecule has 0 saturated carbocycles. The normalized spacial score (nSPS) is 11.0. The number of aromatic nitrogens is 2. The predicted molar refractivity (Wildman–Crippen MR) is 106 cm³/mol. The Kier molecular flexibility index (Phi) is 4.56. The Morgan fingerprint density at radius 3 is 2.22 bits per heavy atom. The van der Waals surface area contributed by atoms with E-state index in [2.05, 4.69) is 10.3 Å². The standard InChI is InChI=1S/C21H17N3O2S/c1-14-13-24-20(26)17(12-22-21(24)27-14)19(25)23-18(15-8-4-2-5-9-15)16-10-6-3-7-11-16/h2-13,18H,1H3,(H,23,25). The van der Waals surface area contributed by atoms with Gasteiger partial charge >= 0.3 is 0 Å². The largest absolute Gasteiger partial charge is 0.341 e. The molecule has 4 aromatic rings. The minimum Gasteiger partial charge on any atom is -0.341 e. The summed E-state index contributed by atoms with van der Waals surface area (Å²) in [6.45, 7) is 1.90. The number of nitrogens with one attached hydrogen (secondary N) is 1. The molecule has 4 rings (SSSR count). The van der Waals surface area contributed by atoms with E-state index in [1.807, 2.05) is 67.6 Å². The van der Waals surface area contributed by atoms with Crippen LogP contribution in [0.1, 0.15) is 32.4 Å². The zero-order chi connectivity index (χ0) is 18.8. The molecule has 0 radical (unpaired) electrons. The van der Waals surface area contributed by atoms with Crippen molar-refractivity contribution >= 4 is 22.2 Å². The van der Waals surface area contributed by atoms with Gasteiger partial charge in [0, 0.05) is 17.3 Å². The van der Waals surface area contributed by atoms with Gasteiger partial charge in [-0.05, 0) is 18.1 Å². The topological polar surface area (TPSA) is 63.5 Å². The summed E-state index contributed by atoms with van der Waals surface area (Å²) in [5, 5.41) is 2.99. The van der Waals surface area contributed by atoms with E-state index in [0.717, 1.165) is 16.0 Å². The summed E-state index contributed by atoms with van der Waals surface area (Å²) in [5.41, 5.74) is 1.55. The Labute approximate surface area is 160 Å². The lowest BCUT2D eigenvalue weighted by molar-refractivity contribution is 0.0941. The van der Waals surface area contributed by atoms with Crippen LogP contribution in [0.2, 0.25) is 0 Å². The molecular formula is C21H17N3O2S. The Bertz CT molecular complexity index is 1110. The van der Waals surface area contributed by atoms with Crippen LogP contribution in [0.15, 0.2) is 77.9 Å². The second-order valence-electron chi connectivity index (χ2n) is 6.20. The number of carbonyl (C=O) groups excluding carboxylic acids is 1. The third-order valence-corrected chi connectivity index (χ3v) is 5.22. The molecule has 2 aromatic heterocycles. The van der Waals surface area contributed by atoms with Gasteiger partial charge in [0.05, 0.1) is 6.04 Å². The fourth-order valence-electron chi connectivity index (χ4n) is 3.01. The average molecular weight is 375 g/mol. The van der Waals surface area contributed by atoms with Crippen molar-refractivity contribution in [3.63, 3.8) is 0 Å². The number of benzene rings is 2. The summed E-state index contributed by atoms with van der Waals surface area (Å²) >= 11 is 1.41. The van der Waals surface area contributed by atoms with Crippen LogP contribution < -0.4 is 10.9 Å². The summed E-state index contributed by atoms with van der Waals surface area (Å²) in [4.78, 5) is 31.4. The Hall–Kier alpha value is -3.25. The molecule has 6 heteroatoms. The molecule has 1 amide bonds. The molecule has 27 heavy (non-hydrogen) atoms. The molecule has 2 heterocycles. The average Bonchev–Trinajstić information content (AvgIpc) is 3.09. The van der Waals surface area contributed by atoms with Crippen molar-refractivity contribution in [2.24, 2.45) is 0 Å². The third kappa shape index (κ3) is 3.39. The van der Waals surface area contributed by atoms with Crippen molar-refractivity contribution in [1.29, 1.82) is 0 Å². The monoisotopic (exact) mass is 375 g/mol.